The molecule has 7 nitrogen and oxygen atoms in total. The second kappa shape index (κ2) is 10.1. The molecular formula is C23H27BrFN5O2. The fourth-order valence-corrected chi connectivity index (χ4v) is 4.07. The van der Waals surface area contributed by atoms with Crippen molar-refractivity contribution in [3.8, 4) is 5.75 Å². The Morgan fingerprint density at radius 2 is 1.97 bits per heavy atom. The number of ether oxygens (including phenoxy) is 1. The molecule has 2 aromatic carbocycles. The molecular weight excluding hydrogens is 477 g/mol. The molecule has 1 fully saturated rings. The molecule has 4 rings (SSSR count). The Hall–Kier alpha value is -2.33. The molecule has 2 N–H and O–H groups in total. The predicted octanol–water partition coefficient (Wildman–Crippen LogP) is 3.57. The molecule has 0 saturated carbocycles. The van der Waals surface area contributed by atoms with Crippen LogP contribution in [0.2, 0.25) is 0 Å². The minimum absolute atomic E-state index is 0.207. The number of aryl methyl sites for hydroxylation is 1. The van der Waals surface area contributed by atoms with Gasteiger partial charge in [-0.3, -0.25) is 4.90 Å². The highest BCUT2D eigenvalue weighted by molar-refractivity contribution is 9.10. The zero-order valence-electron chi connectivity index (χ0n) is 18.2. The molecule has 0 bridgehead atoms. The Morgan fingerprint density at radius 1 is 1.19 bits per heavy atom. The van der Waals surface area contributed by atoms with Gasteiger partial charge in [0.2, 0.25) is 0 Å². The lowest BCUT2D eigenvalue weighted by Crippen LogP contribution is -2.47. The lowest BCUT2D eigenvalue weighted by molar-refractivity contribution is 0.0503. The third-order valence-corrected chi connectivity index (χ3v) is 6.11. The highest BCUT2D eigenvalue weighted by atomic mass is 79.9. The summed E-state index contributed by atoms with van der Waals surface area (Å²) < 4.78 is 20.9. The third-order valence-electron chi connectivity index (χ3n) is 5.61. The molecule has 170 valence electrons. The van der Waals surface area contributed by atoms with Crippen molar-refractivity contribution in [2.75, 3.05) is 51.7 Å². The summed E-state index contributed by atoms with van der Waals surface area (Å²) in [5.74, 6) is 0.799. The summed E-state index contributed by atoms with van der Waals surface area (Å²) in [6, 6.07) is 8.56. The van der Waals surface area contributed by atoms with Gasteiger partial charge in [-0.15, -0.1) is 0 Å². The van der Waals surface area contributed by atoms with E-state index in [9.17, 15) is 9.50 Å². The van der Waals surface area contributed by atoms with E-state index in [1.807, 2.05) is 19.1 Å². The molecule has 1 aliphatic rings. The van der Waals surface area contributed by atoms with Gasteiger partial charge in [0.15, 0.2) is 0 Å². The SMILES string of the molecule is Cc1cc2c(Nc3ccc(Br)cc3F)ncnc2cc1OCC(O)CN1CCN(C)CC1. The minimum Gasteiger partial charge on any atom is -0.490 e. The predicted molar refractivity (Wildman–Crippen MR) is 127 cm³/mol. The van der Waals surface area contributed by atoms with E-state index in [0.29, 0.717) is 33.8 Å². The Morgan fingerprint density at radius 3 is 2.72 bits per heavy atom. The van der Waals surface area contributed by atoms with Gasteiger partial charge in [-0.25, -0.2) is 14.4 Å². The number of aliphatic hydroxyl groups is 1. The first-order valence-corrected chi connectivity index (χ1v) is 11.4. The van der Waals surface area contributed by atoms with Crippen LogP contribution >= 0.6 is 15.9 Å². The number of β-amino-alcohol motifs (C(OH)–C–C–N with tert-alkyl or cyclic N) is 1. The number of hydrogen-bond donors (Lipinski definition) is 2. The molecule has 0 spiro atoms. The average Bonchev–Trinajstić information content (AvgIpc) is 2.76. The molecule has 0 aliphatic carbocycles. The number of halogens is 2. The number of hydrogen-bond acceptors (Lipinski definition) is 7. The number of nitrogens with one attached hydrogen (secondary N) is 1. The number of benzene rings is 2. The summed E-state index contributed by atoms with van der Waals surface area (Å²) in [6.07, 6.45) is 0.861. The largest absolute Gasteiger partial charge is 0.490 e. The molecule has 9 heteroatoms. The van der Waals surface area contributed by atoms with E-state index in [2.05, 4.69) is 48.1 Å². The molecule has 32 heavy (non-hydrogen) atoms. The van der Waals surface area contributed by atoms with Crippen molar-refractivity contribution in [2.45, 2.75) is 13.0 Å². The molecule has 0 radical (unpaired) electrons. The summed E-state index contributed by atoms with van der Waals surface area (Å²) in [5, 5.41) is 14.2. The van der Waals surface area contributed by atoms with Crippen LogP contribution in [-0.2, 0) is 0 Å². The van der Waals surface area contributed by atoms with E-state index in [-0.39, 0.29) is 12.4 Å². The summed E-state index contributed by atoms with van der Waals surface area (Å²) in [4.78, 5) is 13.2. The van der Waals surface area contributed by atoms with Gasteiger partial charge < -0.3 is 20.1 Å². The van der Waals surface area contributed by atoms with E-state index in [1.54, 1.807) is 12.1 Å². The van der Waals surface area contributed by atoms with Gasteiger partial charge in [-0.1, -0.05) is 15.9 Å². The second-order valence-electron chi connectivity index (χ2n) is 8.18. The van der Waals surface area contributed by atoms with Gasteiger partial charge in [-0.2, -0.15) is 0 Å². The smallest absolute Gasteiger partial charge is 0.147 e. The van der Waals surface area contributed by atoms with E-state index in [1.165, 1.54) is 12.4 Å². The van der Waals surface area contributed by atoms with Crippen LogP contribution in [0.3, 0.4) is 0 Å². The molecule has 0 amide bonds. The van der Waals surface area contributed by atoms with Crippen molar-refractivity contribution in [2.24, 2.45) is 0 Å². The molecule has 1 saturated heterocycles. The number of aromatic nitrogens is 2. The van der Waals surface area contributed by atoms with Crippen LogP contribution in [0.1, 0.15) is 5.56 Å². The fraction of sp³-hybridized carbons (Fsp3) is 0.391. The monoisotopic (exact) mass is 503 g/mol. The normalized spacial score (nSPS) is 16.3. The lowest BCUT2D eigenvalue weighted by atomic mass is 10.1. The van der Waals surface area contributed by atoms with Gasteiger partial charge in [0, 0.05) is 48.6 Å². The lowest BCUT2D eigenvalue weighted by Gasteiger charge is -2.33. The zero-order valence-corrected chi connectivity index (χ0v) is 19.8. The van der Waals surface area contributed by atoms with Crippen LogP contribution in [0.25, 0.3) is 10.9 Å². The molecule has 1 aromatic heterocycles. The molecule has 2 heterocycles. The number of likely N-dealkylation sites (N-methyl/N-ethyl adjacent to an activating group) is 1. The van der Waals surface area contributed by atoms with Gasteiger partial charge in [0.05, 0.1) is 11.2 Å². The quantitative estimate of drug-likeness (QED) is 0.510. The van der Waals surface area contributed by atoms with Gasteiger partial charge in [-0.05, 0) is 43.8 Å². The van der Waals surface area contributed by atoms with Crippen LogP contribution in [0.15, 0.2) is 41.1 Å². The standard InChI is InChI=1S/C23H27BrFN5O2/c1-15-9-18-21(26-14-27-23(18)28-20-4-3-16(24)10-19(20)25)11-22(15)32-13-17(31)12-30-7-5-29(2)6-8-30/h3-4,9-11,14,17,31H,5-8,12-13H2,1-2H3,(H,26,27,28). The van der Waals surface area contributed by atoms with Crippen LogP contribution in [0.5, 0.6) is 5.75 Å². The molecule has 1 atom stereocenters. The average molecular weight is 504 g/mol. The van der Waals surface area contributed by atoms with Crippen molar-refractivity contribution >= 4 is 38.3 Å². The number of aliphatic hydroxyl groups excluding tert-OH is 1. The zero-order chi connectivity index (χ0) is 22.7. The van der Waals surface area contributed by atoms with Crippen LogP contribution in [0.4, 0.5) is 15.9 Å². The number of rotatable bonds is 7. The number of fused-ring (bicyclic) bond motifs is 1. The van der Waals surface area contributed by atoms with Crippen molar-refractivity contribution in [3.05, 3.63) is 52.5 Å². The Bertz CT molecular complexity index is 1090. The van der Waals surface area contributed by atoms with Crippen molar-refractivity contribution in [1.29, 1.82) is 0 Å². The molecule has 3 aromatic rings. The van der Waals surface area contributed by atoms with Gasteiger partial charge in [0.25, 0.3) is 0 Å². The maximum absolute atomic E-state index is 14.3. The van der Waals surface area contributed by atoms with E-state index < -0.39 is 6.10 Å². The van der Waals surface area contributed by atoms with E-state index in [0.717, 1.165) is 37.1 Å². The second-order valence-corrected chi connectivity index (χ2v) is 9.09. The maximum atomic E-state index is 14.3. The highest BCUT2D eigenvalue weighted by Gasteiger charge is 2.18. The first kappa shape index (κ1) is 22.8. The Kier molecular flexibility index (Phi) is 7.20. The highest BCUT2D eigenvalue weighted by Crippen LogP contribution is 2.30. The van der Waals surface area contributed by atoms with Crippen LogP contribution in [0, 0.1) is 12.7 Å². The number of anilines is 2. The third kappa shape index (κ3) is 5.53. The summed E-state index contributed by atoms with van der Waals surface area (Å²) >= 11 is 3.26. The molecule has 1 unspecified atom stereocenters. The van der Waals surface area contributed by atoms with Crippen LogP contribution < -0.4 is 10.1 Å². The van der Waals surface area contributed by atoms with Gasteiger partial charge >= 0.3 is 0 Å². The maximum Gasteiger partial charge on any atom is 0.147 e. The topological polar surface area (TPSA) is 73.8 Å². The van der Waals surface area contributed by atoms with Gasteiger partial charge in [0.1, 0.15) is 36.4 Å². The first-order valence-electron chi connectivity index (χ1n) is 10.6. The Balaban J connectivity index is 1.45. The van der Waals surface area contributed by atoms with Crippen molar-refractivity contribution in [3.63, 3.8) is 0 Å². The van der Waals surface area contributed by atoms with Crippen molar-refractivity contribution in [1.82, 2.24) is 19.8 Å². The van der Waals surface area contributed by atoms with Crippen LogP contribution in [-0.4, -0.2) is 77.4 Å². The Labute approximate surface area is 195 Å². The first-order chi connectivity index (χ1) is 15.4. The fourth-order valence-electron chi connectivity index (χ4n) is 3.73. The summed E-state index contributed by atoms with van der Waals surface area (Å²) in [5.41, 5.74) is 1.89. The number of nitrogens with zero attached hydrogens (tertiary/aromatic N) is 4. The van der Waals surface area contributed by atoms with E-state index >= 15 is 0 Å². The summed E-state index contributed by atoms with van der Waals surface area (Å²) in [6.45, 7) is 6.66. The number of piperazine rings is 1. The summed E-state index contributed by atoms with van der Waals surface area (Å²) in [7, 11) is 2.11. The van der Waals surface area contributed by atoms with Crippen molar-refractivity contribution < 1.29 is 14.2 Å². The minimum atomic E-state index is -0.573. The molecule has 1 aliphatic heterocycles. The van der Waals surface area contributed by atoms with E-state index in [4.69, 9.17) is 4.74 Å².